The summed E-state index contributed by atoms with van der Waals surface area (Å²) in [4.78, 5) is 23.8. The highest BCUT2D eigenvalue weighted by atomic mass is 16.5. The predicted molar refractivity (Wildman–Crippen MR) is 89.3 cm³/mol. The molecule has 1 fully saturated rings. The van der Waals surface area contributed by atoms with Crippen LogP contribution in [0.1, 0.15) is 67.2 Å². The maximum atomic E-state index is 12.6. The molecule has 6 nitrogen and oxygen atoms in total. The number of hydrogen-bond donors (Lipinski definition) is 2. The molecule has 0 aromatic carbocycles. The van der Waals surface area contributed by atoms with Crippen LogP contribution in [-0.2, 0) is 11.2 Å². The minimum atomic E-state index is -1.08. The lowest BCUT2D eigenvalue weighted by molar-refractivity contribution is -0.164. The molecular weight excluding hydrogens is 310 g/mol. The second-order valence-corrected chi connectivity index (χ2v) is 6.51. The van der Waals surface area contributed by atoms with Gasteiger partial charge in [0.05, 0.1) is 6.10 Å². The first-order valence-corrected chi connectivity index (χ1v) is 8.55. The van der Waals surface area contributed by atoms with Crippen molar-refractivity contribution in [2.24, 2.45) is 11.3 Å². The van der Waals surface area contributed by atoms with Crippen LogP contribution in [0.2, 0.25) is 0 Å². The first-order valence-electron chi connectivity index (χ1n) is 8.55. The van der Waals surface area contributed by atoms with Gasteiger partial charge in [0.1, 0.15) is 11.3 Å². The highest BCUT2D eigenvalue weighted by Gasteiger charge is 2.59. The van der Waals surface area contributed by atoms with Crippen LogP contribution >= 0.6 is 0 Å². The van der Waals surface area contributed by atoms with Crippen molar-refractivity contribution < 1.29 is 23.8 Å². The number of carbonyl (C=O) groups is 2. The molecule has 1 aliphatic carbocycles. The van der Waals surface area contributed by atoms with Crippen molar-refractivity contribution in [2.45, 2.75) is 59.1 Å². The van der Waals surface area contributed by atoms with Gasteiger partial charge in [-0.15, -0.1) is 0 Å². The second-order valence-electron chi connectivity index (χ2n) is 6.51. The number of furan rings is 1. The van der Waals surface area contributed by atoms with E-state index in [1.165, 1.54) is 6.07 Å². The zero-order valence-electron chi connectivity index (χ0n) is 15.0. The lowest BCUT2D eigenvalue weighted by Crippen LogP contribution is -2.69. The van der Waals surface area contributed by atoms with E-state index in [2.05, 4.69) is 26.1 Å². The van der Waals surface area contributed by atoms with E-state index in [0.717, 1.165) is 12.8 Å². The number of rotatable bonds is 7. The topological polar surface area (TPSA) is 88.8 Å². The van der Waals surface area contributed by atoms with Crippen molar-refractivity contribution in [2.75, 3.05) is 7.11 Å². The Morgan fingerprint density at radius 3 is 2.38 bits per heavy atom. The highest BCUT2D eigenvalue weighted by molar-refractivity contribution is 5.96. The first kappa shape index (κ1) is 18.5. The minimum Gasteiger partial charge on any atom is -0.478 e. The Morgan fingerprint density at radius 1 is 1.33 bits per heavy atom. The number of aromatic carboxylic acids is 1. The molecule has 2 N–H and O–H groups in total. The van der Waals surface area contributed by atoms with Gasteiger partial charge in [0.25, 0.3) is 5.91 Å². The fourth-order valence-electron chi connectivity index (χ4n) is 4.29. The summed E-state index contributed by atoms with van der Waals surface area (Å²) in [7, 11) is 1.71. The number of carboxylic acid groups (broad SMARTS) is 1. The summed E-state index contributed by atoms with van der Waals surface area (Å²) in [5, 5.41) is 12.2. The maximum absolute atomic E-state index is 12.6. The molecule has 1 aromatic rings. The van der Waals surface area contributed by atoms with Gasteiger partial charge < -0.3 is 19.6 Å². The summed E-state index contributed by atoms with van der Waals surface area (Å²) in [5.41, 5.74) is -0.0454. The summed E-state index contributed by atoms with van der Waals surface area (Å²) >= 11 is 0. The fraction of sp³-hybridized carbons (Fsp3) is 0.667. The molecule has 0 bridgehead atoms. The van der Waals surface area contributed by atoms with Gasteiger partial charge in [-0.2, -0.15) is 0 Å². The van der Waals surface area contributed by atoms with Crippen LogP contribution in [-0.4, -0.2) is 36.2 Å². The minimum absolute atomic E-state index is 0.0200. The molecule has 24 heavy (non-hydrogen) atoms. The summed E-state index contributed by atoms with van der Waals surface area (Å²) in [6.07, 6.45) is 2.33. The van der Waals surface area contributed by atoms with Crippen LogP contribution < -0.4 is 5.32 Å². The number of methoxy groups -OCH3 is 1. The molecule has 1 aromatic heterocycles. The Morgan fingerprint density at radius 2 is 1.96 bits per heavy atom. The van der Waals surface area contributed by atoms with E-state index in [4.69, 9.17) is 9.15 Å². The Balaban J connectivity index is 2.22. The summed E-state index contributed by atoms with van der Waals surface area (Å²) in [6, 6.07) is 1.29. The van der Waals surface area contributed by atoms with Crippen molar-refractivity contribution in [3.05, 3.63) is 23.2 Å². The molecule has 0 spiro atoms. The molecule has 0 radical (unpaired) electrons. The Hall–Kier alpha value is -1.82. The van der Waals surface area contributed by atoms with Gasteiger partial charge >= 0.3 is 5.97 Å². The van der Waals surface area contributed by atoms with Gasteiger partial charge in [-0.3, -0.25) is 4.79 Å². The van der Waals surface area contributed by atoms with Crippen LogP contribution in [0.3, 0.4) is 0 Å². The SMILES string of the molecule is CCc1oc(C(=O)NC2C(C)C(OC)C2(CC)CC)cc1C(=O)O. The average molecular weight is 337 g/mol. The number of hydrogen-bond acceptors (Lipinski definition) is 4. The maximum Gasteiger partial charge on any atom is 0.339 e. The normalized spacial score (nSPS) is 25.1. The van der Waals surface area contributed by atoms with E-state index >= 15 is 0 Å². The average Bonchev–Trinajstić information content (AvgIpc) is 3.01. The third-order valence-electron chi connectivity index (χ3n) is 5.63. The third kappa shape index (κ3) is 2.73. The Bertz CT molecular complexity index is 617. The number of amides is 1. The van der Waals surface area contributed by atoms with E-state index in [1.807, 2.05) is 0 Å². The molecule has 1 saturated carbocycles. The smallest absolute Gasteiger partial charge is 0.339 e. The highest BCUT2D eigenvalue weighted by Crippen LogP contribution is 2.52. The summed E-state index contributed by atoms with van der Waals surface area (Å²) in [6.45, 7) is 8.06. The van der Waals surface area contributed by atoms with E-state index in [9.17, 15) is 14.7 Å². The molecular formula is C18H27NO5. The number of carboxylic acids is 1. The first-order chi connectivity index (χ1) is 11.4. The number of carbonyl (C=O) groups excluding carboxylic acids is 1. The van der Waals surface area contributed by atoms with Gasteiger partial charge in [0, 0.05) is 37.0 Å². The van der Waals surface area contributed by atoms with Crippen LogP contribution in [0.4, 0.5) is 0 Å². The molecule has 134 valence electrons. The molecule has 1 aliphatic rings. The molecule has 0 saturated heterocycles. The van der Waals surface area contributed by atoms with Gasteiger partial charge in [-0.25, -0.2) is 4.79 Å². The number of aryl methyl sites for hydroxylation is 1. The lowest BCUT2D eigenvalue weighted by Gasteiger charge is -2.59. The van der Waals surface area contributed by atoms with Gasteiger partial charge in [0.2, 0.25) is 0 Å². The molecule has 3 unspecified atom stereocenters. The van der Waals surface area contributed by atoms with E-state index in [1.54, 1.807) is 14.0 Å². The van der Waals surface area contributed by atoms with E-state index < -0.39 is 5.97 Å². The van der Waals surface area contributed by atoms with Gasteiger partial charge in [-0.05, 0) is 12.8 Å². The van der Waals surface area contributed by atoms with Crippen molar-refractivity contribution in [1.82, 2.24) is 5.32 Å². The van der Waals surface area contributed by atoms with Gasteiger partial charge in [-0.1, -0.05) is 27.7 Å². The molecule has 2 rings (SSSR count). The number of nitrogens with one attached hydrogen (secondary N) is 1. The van der Waals surface area contributed by atoms with Crippen molar-refractivity contribution in [3.8, 4) is 0 Å². The van der Waals surface area contributed by atoms with Crippen molar-refractivity contribution in [3.63, 3.8) is 0 Å². The molecule has 1 heterocycles. The fourth-order valence-corrected chi connectivity index (χ4v) is 4.29. The van der Waals surface area contributed by atoms with Crippen molar-refractivity contribution in [1.29, 1.82) is 0 Å². The summed E-state index contributed by atoms with van der Waals surface area (Å²) in [5.74, 6) is -0.879. The monoisotopic (exact) mass is 337 g/mol. The molecule has 0 aliphatic heterocycles. The number of ether oxygens (including phenoxy) is 1. The Labute approximate surface area is 142 Å². The third-order valence-corrected chi connectivity index (χ3v) is 5.63. The zero-order chi connectivity index (χ0) is 18.1. The largest absolute Gasteiger partial charge is 0.478 e. The Kier molecular flexibility index (Phi) is 5.38. The van der Waals surface area contributed by atoms with Crippen LogP contribution in [0.25, 0.3) is 0 Å². The van der Waals surface area contributed by atoms with Crippen LogP contribution in [0.5, 0.6) is 0 Å². The van der Waals surface area contributed by atoms with Gasteiger partial charge in [0.15, 0.2) is 5.76 Å². The van der Waals surface area contributed by atoms with Crippen LogP contribution in [0, 0.1) is 11.3 Å². The molecule has 6 heteroatoms. The lowest BCUT2D eigenvalue weighted by atomic mass is 9.53. The quantitative estimate of drug-likeness (QED) is 0.798. The van der Waals surface area contributed by atoms with E-state index in [0.29, 0.717) is 12.2 Å². The summed E-state index contributed by atoms with van der Waals surface area (Å²) < 4.78 is 11.1. The second kappa shape index (κ2) is 6.97. The van der Waals surface area contributed by atoms with Crippen molar-refractivity contribution >= 4 is 11.9 Å². The van der Waals surface area contributed by atoms with Crippen LogP contribution in [0.15, 0.2) is 10.5 Å². The standard InChI is InChI=1S/C18H27NO5/c1-6-12-11(17(21)22)9-13(24-12)16(20)19-14-10(4)15(23-5)18(14,7-2)8-3/h9-10,14-15H,6-8H2,1-5H3,(H,19,20)(H,21,22). The zero-order valence-corrected chi connectivity index (χ0v) is 15.0. The van der Waals surface area contributed by atoms with E-state index in [-0.39, 0.29) is 40.7 Å². The molecule has 1 amide bonds. The predicted octanol–water partition coefficient (Wildman–Crippen LogP) is 3.11. The molecule has 3 atom stereocenters.